The lowest BCUT2D eigenvalue weighted by molar-refractivity contribution is 0.154. The van der Waals surface area contributed by atoms with Crippen molar-refractivity contribution in [2.75, 3.05) is 20.6 Å². The number of nitrogens with zero attached hydrogens (tertiary/aromatic N) is 4. The molecule has 114 valence electrons. The molecule has 1 atom stereocenters. The van der Waals surface area contributed by atoms with E-state index in [1.54, 1.807) is 12.4 Å². The van der Waals surface area contributed by atoms with E-state index in [0.717, 1.165) is 35.4 Å². The molecule has 0 aliphatic carbocycles. The number of halogens is 1. The van der Waals surface area contributed by atoms with Crippen LogP contribution in [0.4, 0.5) is 0 Å². The summed E-state index contributed by atoms with van der Waals surface area (Å²) in [6, 6.07) is 5.84. The van der Waals surface area contributed by atoms with E-state index in [1.807, 2.05) is 37.0 Å². The average Bonchev–Trinajstić information content (AvgIpc) is 2.85. The second-order valence-electron chi connectivity index (χ2n) is 5.28. The Morgan fingerprint density at radius 1 is 1.38 bits per heavy atom. The van der Waals surface area contributed by atoms with Gasteiger partial charge in [0.2, 0.25) is 0 Å². The van der Waals surface area contributed by atoms with E-state index in [9.17, 15) is 5.11 Å². The normalized spacial score (nSPS) is 12.8. The van der Waals surface area contributed by atoms with Crippen molar-refractivity contribution >= 4 is 15.9 Å². The average molecular weight is 353 g/mol. The van der Waals surface area contributed by atoms with Gasteiger partial charge in [-0.3, -0.25) is 9.67 Å². The second-order valence-corrected chi connectivity index (χ2v) is 6.13. The van der Waals surface area contributed by atoms with E-state index in [0.29, 0.717) is 6.42 Å². The molecule has 6 heteroatoms. The van der Waals surface area contributed by atoms with Crippen LogP contribution in [0.15, 0.2) is 35.1 Å². The predicted octanol–water partition coefficient (Wildman–Crippen LogP) is 2.27. The number of aliphatic hydroxyl groups excluding tert-OH is 1. The Morgan fingerprint density at radius 3 is 2.86 bits per heavy atom. The van der Waals surface area contributed by atoms with Crippen molar-refractivity contribution in [1.82, 2.24) is 19.7 Å². The van der Waals surface area contributed by atoms with E-state index >= 15 is 0 Å². The minimum Gasteiger partial charge on any atom is -0.387 e. The Hall–Kier alpha value is -1.24. The molecule has 0 aliphatic heterocycles. The van der Waals surface area contributed by atoms with Gasteiger partial charge in [0, 0.05) is 18.4 Å². The Bertz CT molecular complexity index is 556. The second kappa shape index (κ2) is 7.68. The first-order valence-corrected chi connectivity index (χ1v) is 7.81. The molecule has 0 aliphatic rings. The van der Waals surface area contributed by atoms with Crippen LogP contribution in [-0.4, -0.2) is 45.4 Å². The van der Waals surface area contributed by atoms with E-state index in [2.05, 4.69) is 30.9 Å². The van der Waals surface area contributed by atoms with Gasteiger partial charge in [-0.2, -0.15) is 5.10 Å². The highest BCUT2D eigenvalue weighted by molar-refractivity contribution is 9.10. The number of hydrogen-bond acceptors (Lipinski definition) is 4. The molecular weight excluding hydrogens is 332 g/mol. The molecule has 2 rings (SSSR count). The maximum absolute atomic E-state index is 10.5. The lowest BCUT2D eigenvalue weighted by Gasteiger charge is -2.16. The summed E-state index contributed by atoms with van der Waals surface area (Å²) in [5, 5.41) is 14.8. The van der Waals surface area contributed by atoms with Crippen LogP contribution < -0.4 is 0 Å². The summed E-state index contributed by atoms with van der Waals surface area (Å²) in [7, 11) is 4.05. The van der Waals surface area contributed by atoms with Crippen molar-refractivity contribution in [2.45, 2.75) is 25.5 Å². The Kier molecular flexibility index (Phi) is 5.90. The van der Waals surface area contributed by atoms with Gasteiger partial charge in [0.25, 0.3) is 0 Å². The van der Waals surface area contributed by atoms with Crippen molar-refractivity contribution in [3.63, 3.8) is 0 Å². The number of hydrogen-bond donors (Lipinski definition) is 1. The largest absolute Gasteiger partial charge is 0.387 e. The number of aliphatic hydroxyl groups is 1. The van der Waals surface area contributed by atoms with Crippen LogP contribution in [0.25, 0.3) is 0 Å². The fraction of sp³-hybridized carbons (Fsp3) is 0.467. The third-order valence-corrected chi connectivity index (χ3v) is 3.92. The minimum absolute atomic E-state index is 0.550. The first-order chi connectivity index (χ1) is 10.1. The van der Waals surface area contributed by atoms with Crippen LogP contribution in [0.5, 0.6) is 0 Å². The van der Waals surface area contributed by atoms with Crippen LogP contribution in [0.3, 0.4) is 0 Å². The number of likely N-dealkylation sites (N-methyl/N-ethyl adjacent to an activating group) is 1. The zero-order chi connectivity index (χ0) is 15.2. The zero-order valence-corrected chi connectivity index (χ0v) is 14.0. The highest BCUT2D eigenvalue weighted by atomic mass is 79.9. The van der Waals surface area contributed by atoms with Crippen molar-refractivity contribution in [2.24, 2.45) is 0 Å². The van der Waals surface area contributed by atoms with Gasteiger partial charge in [0.15, 0.2) is 0 Å². The summed E-state index contributed by atoms with van der Waals surface area (Å²) in [6.45, 7) is 1.64. The van der Waals surface area contributed by atoms with Gasteiger partial charge >= 0.3 is 0 Å². The Balaban J connectivity index is 2.01. The molecular formula is C15H21BrN4O. The van der Waals surface area contributed by atoms with Crippen molar-refractivity contribution < 1.29 is 5.11 Å². The zero-order valence-electron chi connectivity index (χ0n) is 12.4. The molecule has 0 fully saturated rings. The van der Waals surface area contributed by atoms with Crippen LogP contribution in [0.1, 0.15) is 23.9 Å². The number of rotatable bonds is 7. The summed E-state index contributed by atoms with van der Waals surface area (Å²) in [4.78, 5) is 6.38. The molecule has 0 radical (unpaired) electrons. The summed E-state index contributed by atoms with van der Waals surface area (Å²) in [5.41, 5.74) is 1.83. The Morgan fingerprint density at radius 2 is 2.19 bits per heavy atom. The SMILES string of the molecule is CN(C)CCn1ncc(Br)c1C(O)CCc1ccccn1. The summed E-state index contributed by atoms with van der Waals surface area (Å²) in [6.07, 6.45) is 4.34. The van der Waals surface area contributed by atoms with Crippen LogP contribution in [0.2, 0.25) is 0 Å². The summed E-state index contributed by atoms with van der Waals surface area (Å²) in [5.74, 6) is 0. The maximum atomic E-state index is 10.5. The van der Waals surface area contributed by atoms with Gasteiger partial charge in [0.05, 0.1) is 29.0 Å². The smallest absolute Gasteiger partial charge is 0.0971 e. The Labute approximate surface area is 133 Å². The first-order valence-electron chi connectivity index (χ1n) is 7.02. The fourth-order valence-electron chi connectivity index (χ4n) is 2.14. The van der Waals surface area contributed by atoms with Crippen LogP contribution in [0, 0.1) is 0 Å². The molecule has 1 unspecified atom stereocenters. The standard InChI is InChI=1S/C15H21BrN4O/c1-19(2)9-10-20-15(13(16)11-18-20)14(21)7-6-12-5-3-4-8-17-12/h3-5,8,11,14,21H,6-7,9-10H2,1-2H3. The van der Waals surface area contributed by atoms with Crippen molar-refractivity contribution in [1.29, 1.82) is 0 Å². The monoisotopic (exact) mass is 352 g/mol. The molecule has 5 nitrogen and oxygen atoms in total. The number of aryl methyl sites for hydroxylation is 1. The van der Waals surface area contributed by atoms with Crippen LogP contribution >= 0.6 is 15.9 Å². The molecule has 1 N–H and O–H groups in total. The topological polar surface area (TPSA) is 54.2 Å². The minimum atomic E-state index is -0.550. The highest BCUT2D eigenvalue weighted by Gasteiger charge is 2.18. The third kappa shape index (κ3) is 4.62. The van der Waals surface area contributed by atoms with Gasteiger partial charge in [-0.1, -0.05) is 6.07 Å². The van der Waals surface area contributed by atoms with Crippen LogP contribution in [-0.2, 0) is 13.0 Å². The number of aromatic nitrogens is 3. The molecule has 2 heterocycles. The fourth-order valence-corrected chi connectivity index (χ4v) is 2.70. The van der Waals surface area contributed by atoms with E-state index in [4.69, 9.17) is 0 Å². The van der Waals surface area contributed by atoms with Gasteiger partial charge in [-0.05, 0) is 55.0 Å². The molecule has 2 aromatic heterocycles. The van der Waals surface area contributed by atoms with E-state index < -0.39 is 6.10 Å². The molecule has 0 amide bonds. The predicted molar refractivity (Wildman–Crippen MR) is 86.0 cm³/mol. The highest BCUT2D eigenvalue weighted by Crippen LogP contribution is 2.26. The molecule has 0 aromatic carbocycles. The lowest BCUT2D eigenvalue weighted by Crippen LogP contribution is -2.21. The molecule has 0 saturated carbocycles. The molecule has 2 aromatic rings. The van der Waals surface area contributed by atoms with E-state index in [1.165, 1.54) is 0 Å². The molecule has 21 heavy (non-hydrogen) atoms. The van der Waals surface area contributed by atoms with E-state index in [-0.39, 0.29) is 0 Å². The van der Waals surface area contributed by atoms with Gasteiger partial charge in [-0.15, -0.1) is 0 Å². The molecule has 0 saturated heterocycles. The lowest BCUT2D eigenvalue weighted by atomic mass is 10.1. The summed E-state index contributed by atoms with van der Waals surface area (Å²) < 4.78 is 2.72. The van der Waals surface area contributed by atoms with Gasteiger partial charge < -0.3 is 10.0 Å². The summed E-state index contributed by atoms with van der Waals surface area (Å²) >= 11 is 3.48. The molecule has 0 bridgehead atoms. The number of pyridine rings is 1. The van der Waals surface area contributed by atoms with Crippen molar-refractivity contribution in [3.05, 3.63) is 46.5 Å². The van der Waals surface area contributed by atoms with Gasteiger partial charge in [0.1, 0.15) is 0 Å². The van der Waals surface area contributed by atoms with Crippen molar-refractivity contribution in [3.8, 4) is 0 Å². The third-order valence-electron chi connectivity index (χ3n) is 3.31. The molecule has 0 spiro atoms. The first kappa shape index (κ1) is 16.1. The maximum Gasteiger partial charge on any atom is 0.0971 e. The van der Waals surface area contributed by atoms with Gasteiger partial charge in [-0.25, -0.2) is 0 Å². The quantitative estimate of drug-likeness (QED) is 0.830.